The average Bonchev–Trinajstić information content (AvgIpc) is 3.10. The highest BCUT2D eigenvalue weighted by atomic mass is 32.2. The first-order valence-electron chi connectivity index (χ1n) is 8.18. The van der Waals surface area contributed by atoms with E-state index in [-0.39, 0.29) is 17.7 Å². The van der Waals surface area contributed by atoms with E-state index >= 15 is 0 Å². The number of aryl methyl sites for hydroxylation is 1. The summed E-state index contributed by atoms with van der Waals surface area (Å²) in [5, 5.41) is 11.9. The fourth-order valence-electron chi connectivity index (χ4n) is 2.96. The third-order valence-corrected chi connectivity index (χ3v) is 5.19. The molecular weight excluding hydrogens is 350 g/mol. The quantitative estimate of drug-likeness (QED) is 0.660. The second-order valence-corrected chi connectivity index (χ2v) is 6.79. The van der Waals surface area contributed by atoms with E-state index in [1.165, 1.54) is 11.8 Å². The number of tetrazole rings is 1. The summed E-state index contributed by atoms with van der Waals surface area (Å²) in [7, 11) is 1.75. The number of para-hydroxylation sites is 2. The molecule has 1 aliphatic rings. The van der Waals surface area contributed by atoms with Crippen LogP contribution < -0.4 is 9.64 Å². The van der Waals surface area contributed by atoms with Crippen molar-refractivity contribution in [2.24, 2.45) is 7.05 Å². The maximum Gasteiger partial charge on any atom is 0.238 e. The Hall–Kier alpha value is -2.87. The minimum atomic E-state index is -0.170. The highest BCUT2D eigenvalue weighted by Gasteiger charge is 2.33. The summed E-state index contributed by atoms with van der Waals surface area (Å²) in [6.07, 6.45) is 0. The number of nitrogens with zero attached hydrogens (tertiary/aromatic N) is 5. The molecule has 1 aromatic heterocycles. The number of rotatable bonds is 4. The molecule has 0 radical (unpaired) electrons. The Bertz CT molecular complexity index is 915. The number of amides is 1. The number of fused-ring (bicyclic) bond motifs is 1. The van der Waals surface area contributed by atoms with Gasteiger partial charge >= 0.3 is 0 Å². The van der Waals surface area contributed by atoms with Crippen LogP contribution in [0, 0.1) is 0 Å². The van der Waals surface area contributed by atoms with Crippen LogP contribution in [0.25, 0.3) is 0 Å². The largest absolute Gasteiger partial charge is 0.489 e. The number of aromatic nitrogens is 4. The Labute approximate surface area is 155 Å². The average molecular weight is 367 g/mol. The monoisotopic (exact) mass is 367 g/mol. The Balaban J connectivity index is 1.64. The Morgan fingerprint density at radius 2 is 1.96 bits per heavy atom. The molecule has 0 fully saturated rings. The molecule has 4 rings (SSSR count). The molecule has 0 saturated carbocycles. The van der Waals surface area contributed by atoms with Crippen LogP contribution in [-0.2, 0) is 11.8 Å². The summed E-state index contributed by atoms with van der Waals surface area (Å²) in [5.74, 6) is 0.951. The first kappa shape index (κ1) is 16.6. The zero-order valence-electron chi connectivity index (χ0n) is 14.1. The number of ether oxygens (including phenoxy) is 1. The molecule has 0 unspecified atom stereocenters. The van der Waals surface area contributed by atoms with Gasteiger partial charge in [-0.1, -0.05) is 54.2 Å². The fourth-order valence-corrected chi connectivity index (χ4v) is 3.67. The fraction of sp³-hybridized carbons (Fsp3) is 0.222. The SMILES string of the molecule is Cn1nnnc1SCC(=O)N1c2ccccc2OC[C@H]1c1ccccc1. The van der Waals surface area contributed by atoms with Gasteiger partial charge in [-0.15, -0.1) is 5.10 Å². The van der Waals surface area contributed by atoms with Crippen molar-refractivity contribution < 1.29 is 9.53 Å². The van der Waals surface area contributed by atoms with E-state index in [1.807, 2.05) is 59.5 Å². The van der Waals surface area contributed by atoms with Crippen molar-refractivity contribution in [2.75, 3.05) is 17.3 Å². The van der Waals surface area contributed by atoms with Gasteiger partial charge in [0.2, 0.25) is 11.1 Å². The number of carbonyl (C=O) groups is 1. The van der Waals surface area contributed by atoms with Gasteiger partial charge in [-0.25, -0.2) is 4.68 Å². The molecule has 7 nitrogen and oxygen atoms in total. The highest BCUT2D eigenvalue weighted by Crippen LogP contribution is 2.39. The Morgan fingerprint density at radius 3 is 2.73 bits per heavy atom. The number of hydrogen-bond donors (Lipinski definition) is 0. The van der Waals surface area contributed by atoms with Gasteiger partial charge in [0.05, 0.1) is 17.5 Å². The van der Waals surface area contributed by atoms with Crippen LogP contribution >= 0.6 is 11.8 Å². The van der Waals surface area contributed by atoms with Gasteiger partial charge in [0.25, 0.3) is 0 Å². The lowest BCUT2D eigenvalue weighted by molar-refractivity contribution is -0.117. The summed E-state index contributed by atoms with van der Waals surface area (Å²) in [6, 6.07) is 17.4. The van der Waals surface area contributed by atoms with Crippen molar-refractivity contribution in [3.63, 3.8) is 0 Å². The van der Waals surface area contributed by atoms with Crippen molar-refractivity contribution in [3.05, 3.63) is 60.2 Å². The summed E-state index contributed by atoms with van der Waals surface area (Å²) < 4.78 is 7.46. The Morgan fingerprint density at radius 1 is 1.19 bits per heavy atom. The third-order valence-electron chi connectivity index (χ3n) is 4.19. The molecule has 1 atom stereocenters. The Kier molecular flexibility index (Phi) is 4.57. The molecule has 132 valence electrons. The molecule has 2 heterocycles. The number of anilines is 1. The van der Waals surface area contributed by atoms with Crippen LogP contribution in [0.15, 0.2) is 59.8 Å². The molecule has 8 heteroatoms. The summed E-state index contributed by atoms with van der Waals surface area (Å²) >= 11 is 1.32. The topological polar surface area (TPSA) is 73.1 Å². The van der Waals surface area contributed by atoms with Crippen LogP contribution in [0.5, 0.6) is 5.75 Å². The first-order valence-corrected chi connectivity index (χ1v) is 9.16. The normalized spacial score (nSPS) is 16.0. The predicted molar refractivity (Wildman–Crippen MR) is 98.1 cm³/mol. The highest BCUT2D eigenvalue weighted by molar-refractivity contribution is 7.99. The van der Waals surface area contributed by atoms with Crippen LogP contribution in [0.4, 0.5) is 5.69 Å². The standard InChI is InChI=1S/C18H17N5O2S/c1-22-18(19-20-21-22)26-12-17(24)23-14-9-5-6-10-16(14)25-11-15(23)13-7-3-2-4-8-13/h2-10,15H,11-12H2,1H3/t15-/m0/s1. The lowest BCUT2D eigenvalue weighted by atomic mass is 10.0. The molecule has 1 aliphatic heterocycles. The number of carbonyl (C=O) groups excluding carboxylic acids is 1. The van der Waals surface area contributed by atoms with E-state index in [4.69, 9.17) is 4.74 Å². The molecule has 2 aromatic carbocycles. The van der Waals surface area contributed by atoms with E-state index in [1.54, 1.807) is 11.7 Å². The molecule has 26 heavy (non-hydrogen) atoms. The van der Waals surface area contributed by atoms with E-state index in [0.717, 1.165) is 17.0 Å². The van der Waals surface area contributed by atoms with Crippen molar-refractivity contribution in [2.45, 2.75) is 11.2 Å². The van der Waals surface area contributed by atoms with Gasteiger partial charge < -0.3 is 4.74 Å². The van der Waals surface area contributed by atoms with Crippen LogP contribution in [0.2, 0.25) is 0 Å². The van der Waals surface area contributed by atoms with Crippen molar-refractivity contribution in [3.8, 4) is 5.75 Å². The van der Waals surface area contributed by atoms with Gasteiger partial charge in [0.1, 0.15) is 12.4 Å². The van der Waals surface area contributed by atoms with Crippen molar-refractivity contribution in [1.82, 2.24) is 20.2 Å². The maximum atomic E-state index is 13.1. The third kappa shape index (κ3) is 3.15. The minimum Gasteiger partial charge on any atom is -0.489 e. The summed E-state index contributed by atoms with van der Waals surface area (Å²) in [4.78, 5) is 14.9. The van der Waals surface area contributed by atoms with Crippen molar-refractivity contribution >= 4 is 23.4 Å². The molecule has 0 saturated heterocycles. The van der Waals surface area contributed by atoms with Gasteiger partial charge in [-0.3, -0.25) is 9.69 Å². The lowest BCUT2D eigenvalue weighted by Crippen LogP contribution is -2.42. The lowest BCUT2D eigenvalue weighted by Gasteiger charge is -2.37. The molecule has 0 bridgehead atoms. The number of thioether (sulfide) groups is 1. The molecule has 0 N–H and O–H groups in total. The first-order chi connectivity index (χ1) is 12.7. The molecule has 1 amide bonds. The van der Waals surface area contributed by atoms with Crippen LogP contribution in [0.1, 0.15) is 11.6 Å². The second kappa shape index (κ2) is 7.17. The van der Waals surface area contributed by atoms with Crippen LogP contribution in [-0.4, -0.2) is 38.5 Å². The van der Waals surface area contributed by atoms with E-state index < -0.39 is 0 Å². The summed E-state index contributed by atoms with van der Waals surface area (Å²) in [6.45, 7) is 0.420. The van der Waals surface area contributed by atoms with Crippen molar-refractivity contribution in [1.29, 1.82) is 0 Å². The minimum absolute atomic E-state index is 0.0115. The zero-order valence-corrected chi connectivity index (χ0v) is 15.0. The van der Waals surface area contributed by atoms with Gasteiger partial charge in [0.15, 0.2) is 0 Å². The molecule has 3 aromatic rings. The smallest absolute Gasteiger partial charge is 0.238 e. The van der Waals surface area contributed by atoms with Gasteiger partial charge in [0, 0.05) is 7.05 Å². The number of hydrogen-bond acceptors (Lipinski definition) is 6. The number of benzene rings is 2. The van der Waals surface area contributed by atoms with Crippen LogP contribution in [0.3, 0.4) is 0 Å². The van der Waals surface area contributed by atoms with Gasteiger partial charge in [-0.05, 0) is 28.1 Å². The molecule has 0 spiro atoms. The second-order valence-electron chi connectivity index (χ2n) is 5.84. The molecule has 0 aliphatic carbocycles. The summed E-state index contributed by atoms with van der Waals surface area (Å²) in [5.41, 5.74) is 1.83. The zero-order chi connectivity index (χ0) is 17.9. The van der Waals surface area contributed by atoms with E-state index in [2.05, 4.69) is 15.5 Å². The van der Waals surface area contributed by atoms with Gasteiger partial charge in [-0.2, -0.15) is 0 Å². The maximum absolute atomic E-state index is 13.1. The van der Waals surface area contributed by atoms with E-state index in [9.17, 15) is 4.79 Å². The molecular formula is C18H17N5O2S. The van der Waals surface area contributed by atoms with E-state index in [0.29, 0.717) is 11.8 Å². The predicted octanol–water partition coefficient (Wildman–Crippen LogP) is 2.47.